The molecule has 2 N–H and O–H groups in total. The van der Waals surface area contributed by atoms with Crippen LogP contribution in [0.3, 0.4) is 0 Å². The van der Waals surface area contributed by atoms with E-state index < -0.39 is 11.4 Å². The Hall–Kier alpha value is -3.85. The summed E-state index contributed by atoms with van der Waals surface area (Å²) in [5.41, 5.74) is 1.20. The van der Waals surface area contributed by atoms with Gasteiger partial charge in [-0.15, -0.1) is 0 Å². The fraction of sp³-hybridized carbons (Fsp3) is 0.231. The minimum atomic E-state index is -0.558. The van der Waals surface area contributed by atoms with Crippen molar-refractivity contribution < 1.29 is 13.9 Å². The van der Waals surface area contributed by atoms with E-state index in [4.69, 9.17) is 17.0 Å². The molecule has 0 radical (unpaired) electrons. The first-order valence-corrected chi connectivity index (χ1v) is 11.8. The van der Waals surface area contributed by atoms with Gasteiger partial charge >= 0.3 is 0 Å². The van der Waals surface area contributed by atoms with Gasteiger partial charge in [0.1, 0.15) is 11.9 Å². The Morgan fingerprint density at radius 2 is 1.97 bits per heavy atom. The van der Waals surface area contributed by atoms with Gasteiger partial charge in [0.2, 0.25) is 5.88 Å². The Morgan fingerprint density at radius 1 is 1.17 bits per heavy atom. The topological polar surface area (TPSA) is 89.0 Å². The lowest BCUT2D eigenvalue weighted by atomic mass is 10.1. The molecule has 0 bridgehead atoms. The van der Waals surface area contributed by atoms with E-state index in [2.05, 4.69) is 15.3 Å². The van der Waals surface area contributed by atoms with E-state index in [1.165, 1.54) is 37.1 Å². The van der Waals surface area contributed by atoms with Crippen molar-refractivity contribution in [1.29, 1.82) is 0 Å². The maximum atomic E-state index is 14.3. The summed E-state index contributed by atoms with van der Waals surface area (Å²) in [6, 6.07) is 14.3. The molecule has 7 nitrogen and oxygen atoms in total. The van der Waals surface area contributed by atoms with Crippen LogP contribution in [0.4, 0.5) is 4.39 Å². The quantitative estimate of drug-likeness (QED) is 0.378. The number of aromatic nitrogens is 3. The second-order valence-electron chi connectivity index (χ2n) is 8.49. The van der Waals surface area contributed by atoms with Crippen LogP contribution in [0.15, 0.2) is 65.6 Å². The molecule has 1 fully saturated rings. The zero-order chi connectivity index (χ0) is 24.4. The molecular formula is C26H23FN4O3S. The Bertz CT molecular complexity index is 1510. The van der Waals surface area contributed by atoms with E-state index in [-0.39, 0.29) is 22.5 Å². The number of hydrogen-bond acceptors (Lipinski definition) is 5. The molecular weight excluding hydrogens is 467 g/mol. The Morgan fingerprint density at radius 3 is 2.71 bits per heavy atom. The molecule has 4 aromatic rings. The van der Waals surface area contributed by atoms with Gasteiger partial charge in [0.25, 0.3) is 11.5 Å². The van der Waals surface area contributed by atoms with Crippen LogP contribution in [0.2, 0.25) is 0 Å². The summed E-state index contributed by atoms with van der Waals surface area (Å²) in [5.74, 6) is -0.273. The number of rotatable bonds is 6. The van der Waals surface area contributed by atoms with Crippen molar-refractivity contribution in [3.8, 4) is 11.6 Å². The van der Waals surface area contributed by atoms with Crippen LogP contribution in [-0.2, 0) is 6.54 Å². The number of carbonyl (C=O) groups excluding carboxylic acids is 1. The Kier molecular flexibility index (Phi) is 6.41. The number of ether oxygens (including phenoxy) is 1. The molecule has 0 unspecified atom stereocenters. The first-order chi connectivity index (χ1) is 17.0. The molecule has 0 spiro atoms. The minimum Gasteiger partial charge on any atom is -0.474 e. The molecule has 1 aliphatic carbocycles. The highest BCUT2D eigenvalue weighted by Gasteiger charge is 2.17. The fourth-order valence-electron chi connectivity index (χ4n) is 4.26. The maximum Gasteiger partial charge on any atom is 0.266 e. The van der Waals surface area contributed by atoms with Crippen molar-refractivity contribution in [2.24, 2.45) is 0 Å². The van der Waals surface area contributed by atoms with Gasteiger partial charge in [-0.3, -0.25) is 9.59 Å². The van der Waals surface area contributed by atoms with Crippen LogP contribution < -0.4 is 15.6 Å². The number of carbonyl (C=O) groups is 1. The number of amides is 1. The average molecular weight is 491 g/mol. The van der Waals surface area contributed by atoms with E-state index in [0.717, 1.165) is 23.0 Å². The standard InChI is InChI=1S/C26H23FN4O3S/c27-20-7-3-4-8-22(20)31-25(33)19-11-10-17(13-21(19)30-26(31)35)24(32)29-15-16-9-12-23(28-14-16)34-18-5-1-2-6-18/h3-4,7-14,18H,1-2,5-6,15H2,(H,29,32)(H,30,35). The number of aromatic amines is 1. The highest BCUT2D eigenvalue weighted by molar-refractivity contribution is 7.71. The zero-order valence-corrected chi connectivity index (χ0v) is 19.6. The number of para-hydroxylation sites is 1. The predicted molar refractivity (Wildman–Crippen MR) is 133 cm³/mol. The number of nitrogens with one attached hydrogen (secondary N) is 2. The highest BCUT2D eigenvalue weighted by Crippen LogP contribution is 2.23. The molecule has 2 heterocycles. The van der Waals surface area contributed by atoms with E-state index in [1.54, 1.807) is 24.4 Å². The van der Waals surface area contributed by atoms with E-state index in [0.29, 0.717) is 28.9 Å². The van der Waals surface area contributed by atoms with Crippen molar-refractivity contribution in [2.45, 2.75) is 38.3 Å². The molecule has 35 heavy (non-hydrogen) atoms. The summed E-state index contributed by atoms with van der Waals surface area (Å²) in [7, 11) is 0. The van der Waals surface area contributed by atoms with E-state index >= 15 is 0 Å². The summed E-state index contributed by atoms with van der Waals surface area (Å²) in [6.45, 7) is 0.290. The molecule has 2 aromatic carbocycles. The first kappa shape index (κ1) is 22.9. The second kappa shape index (κ2) is 9.79. The molecule has 1 aliphatic rings. The molecule has 1 saturated carbocycles. The van der Waals surface area contributed by atoms with Gasteiger partial charge in [-0.25, -0.2) is 13.9 Å². The number of hydrogen-bond donors (Lipinski definition) is 2. The summed E-state index contributed by atoms with van der Waals surface area (Å²) >= 11 is 5.31. The Balaban J connectivity index is 1.31. The molecule has 178 valence electrons. The highest BCUT2D eigenvalue weighted by atomic mass is 32.1. The van der Waals surface area contributed by atoms with Gasteiger partial charge < -0.3 is 15.0 Å². The number of halogens is 1. The molecule has 0 atom stereocenters. The normalized spacial score (nSPS) is 13.7. The monoisotopic (exact) mass is 490 g/mol. The molecule has 1 amide bonds. The lowest BCUT2D eigenvalue weighted by Crippen LogP contribution is -2.24. The number of H-pyrrole nitrogens is 1. The van der Waals surface area contributed by atoms with Crippen LogP contribution in [0, 0.1) is 10.6 Å². The fourth-order valence-corrected chi connectivity index (χ4v) is 4.55. The van der Waals surface area contributed by atoms with Crippen LogP contribution in [0.1, 0.15) is 41.6 Å². The molecule has 0 saturated heterocycles. The number of benzene rings is 2. The third-order valence-electron chi connectivity index (χ3n) is 6.09. The molecule has 5 rings (SSSR count). The summed E-state index contributed by atoms with van der Waals surface area (Å²) in [6.07, 6.45) is 6.43. The van der Waals surface area contributed by atoms with Crippen LogP contribution in [0.25, 0.3) is 16.6 Å². The van der Waals surface area contributed by atoms with Crippen LogP contribution in [-0.4, -0.2) is 26.5 Å². The van der Waals surface area contributed by atoms with Gasteiger partial charge in [0.05, 0.1) is 16.6 Å². The SMILES string of the molecule is O=C(NCc1ccc(OC2CCCC2)nc1)c1ccc2c(=O)n(-c3ccccc3F)c(=S)[nH]c2c1. The summed E-state index contributed by atoms with van der Waals surface area (Å²) < 4.78 is 21.3. The van der Waals surface area contributed by atoms with Crippen molar-refractivity contribution in [3.05, 3.63) is 92.9 Å². The molecule has 2 aromatic heterocycles. The van der Waals surface area contributed by atoms with Crippen LogP contribution in [0.5, 0.6) is 5.88 Å². The van der Waals surface area contributed by atoms with Crippen molar-refractivity contribution in [1.82, 2.24) is 19.9 Å². The number of pyridine rings is 1. The minimum absolute atomic E-state index is 0.0381. The summed E-state index contributed by atoms with van der Waals surface area (Å²) in [5, 5.41) is 3.15. The van der Waals surface area contributed by atoms with Crippen molar-refractivity contribution in [2.75, 3.05) is 0 Å². The first-order valence-electron chi connectivity index (χ1n) is 11.4. The Labute approximate surface area is 205 Å². The number of nitrogens with zero attached hydrogens (tertiary/aromatic N) is 2. The molecule has 9 heteroatoms. The lowest BCUT2D eigenvalue weighted by Gasteiger charge is -2.12. The van der Waals surface area contributed by atoms with Gasteiger partial charge in [-0.05, 0) is 73.8 Å². The maximum absolute atomic E-state index is 14.3. The smallest absolute Gasteiger partial charge is 0.266 e. The summed E-state index contributed by atoms with van der Waals surface area (Å²) in [4.78, 5) is 33.0. The zero-order valence-electron chi connectivity index (χ0n) is 18.8. The van der Waals surface area contributed by atoms with Gasteiger partial charge in [0.15, 0.2) is 4.77 Å². The predicted octanol–water partition coefficient (Wildman–Crippen LogP) is 4.83. The van der Waals surface area contributed by atoms with E-state index in [1.807, 2.05) is 12.1 Å². The lowest BCUT2D eigenvalue weighted by molar-refractivity contribution is 0.0951. The van der Waals surface area contributed by atoms with Crippen molar-refractivity contribution >= 4 is 29.0 Å². The van der Waals surface area contributed by atoms with Gasteiger partial charge in [0, 0.05) is 24.4 Å². The van der Waals surface area contributed by atoms with E-state index in [9.17, 15) is 14.0 Å². The van der Waals surface area contributed by atoms with Crippen molar-refractivity contribution in [3.63, 3.8) is 0 Å². The van der Waals surface area contributed by atoms with Crippen LogP contribution >= 0.6 is 12.2 Å². The average Bonchev–Trinajstić information content (AvgIpc) is 3.37. The van der Waals surface area contributed by atoms with Gasteiger partial charge in [-0.2, -0.15) is 0 Å². The largest absolute Gasteiger partial charge is 0.474 e. The second-order valence-corrected chi connectivity index (χ2v) is 8.88. The third kappa shape index (κ3) is 4.85. The third-order valence-corrected chi connectivity index (χ3v) is 6.38. The molecule has 0 aliphatic heterocycles. The van der Waals surface area contributed by atoms with Gasteiger partial charge in [-0.1, -0.05) is 18.2 Å². The number of fused-ring (bicyclic) bond motifs is 1.